The van der Waals surface area contributed by atoms with Crippen LogP contribution in [0.25, 0.3) is 0 Å². The van der Waals surface area contributed by atoms with E-state index in [1.807, 2.05) is 0 Å². The van der Waals surface area contributed by atoms with Crippen LogP contribution in [0.15, 0.2) is 30.3 Å². The number of hydrogen-bond acceptors (Lipinski definition) is 1. The van der Waals surface area contributed by atoms with Crippen molar-refractivity contribution in [1.29, 1.82) is 0 Å². The second-order valence-corrected chi connectivity index (χ2v) is 8.65. The Balaban J connectivity index is 1.64. The second kappa shape index (κ2) is 9.67. The lowest BCUT2D eigenvalue weighted by atomic mass is 9.95. The zero-order valence-electron chi connectivity index (χ0n) is 16.4. The quantitative estimate of drug-likeness (QED) is 0.559. The van der Waals surface area contributed by atoms with Crippen molar-refractivity contribution in [3.63, 3.8) is 0 Å². The smallest absolute Gasteiger partial charge is 0.166 e. The molecule has 1 aliphatic carbocycles. The summed E-state index contributed by atoms with van der Waals surface area (Å²) >= 11 is 5.66. The summed E-state index contributed by atoms with van der Waals surface area (Å²) in [6.45, 7) is 7.23. The van der Waals surface area contributed by atoms with E-state index in [1.165, 1.54) is 63.8 Å². The van der Waals surface area contributed by atoms with Gasteiger partial charge in [-0.25, -0.2) is 0 Å². The van der Waals surface area contributed by atoms with Crippen molar-refractivity contribution in [2.75, 3.05) is 33.2 Å². The summed E-state index contributed by atoms with van der Waals surface area (Å²) in [7, 11) is 2.30. The molecule has 2 aliphatic rings. The lowest BCUT2D eigenvalue weighted by molar-refractivity contribution is -1.02. The van der Waals surface area contributed by atoms with E-state index in [1.54, 1.807) is 9.80 Å². The van der Waals surface area contributed by atoms with Gasteiger partial charge in [-0.3, -0.25) is 0 Å². The van der Waals surface area contributed by atoms with Gasteiger partial charge in [0.15, 0.2) is 5.11 Å². The fourth-order valence-corrected chi connectivity index (χ4v) is 4.96. The van der Waals surface area contributed by atoms with Crippen LogP contribution in [0.3, 0.4) is 0 Å². The summed E-state index contributed by atoms with van der Waals surface area (Å²) in [6, 6.07) is 12.3. The third-order valence-corrected chi connectivity index (χ3v) is 6.38. The van der Waals surface area contributed by atoms with Crippen LogP contribution in [0.5, 0.6) is 0 Å². The minimum Gasteiger partial charge on any atom is -0.360 e. The first-order chi connectivity index (χ1) is 12.6. The summed E-state index contributed by atoms with van der Waals surface area (Å²) in [5, 5.41) is 8.04. The Morgan fingerprint density at radius 2 is 1.69 bits per heavy atom. The molecule has 3 rings (SSSR count). The van der Waals surface area contributed by atoms with Crippen molar-refractivity contribution in [3.8, 4) is 0 Å². The van der Waals surface area contributed by atoms with Crippen LogP contribution in [-0.4, -0.2) is 50.4 Å². The Kier molecular flexibility index (Phi) is 7.29. The van der Waals surface area contributed by atoms with Crippen molar-refractivity contribution in [2.24, 2.45) is 0 Å². The van der Waals surface area contributed by atoms with Crippen LogP contribution < -0.4 is 20.4 Å². The Morgan fingerprint density at radius 3 is 2.35 bits per heavy atom. The van der Waals surface area contributed by atoms with E-state index in [0.717, 1.165) is 5.11 Å². The first-order valence-electron chi connectivity index (χ1n) is 10.4. The molecule has 0 radical (unpaired) electrons. The molecule has 2 fully saturated rings. The van der Waals surface area contributed by atoms with E-state index in [2.05, 4.69) is 54.9 Å². The largest absolute Gasteiger partial charge is 0.360 e. The average Bonchev–Trinajstić information content (AvgIpc) is 2.65. The number of likely N-dealkylation sites (N-methyl/N-ethyl adjacent to an activating group) is 1. The monoisotopic (exact) mass is 376 g/mol. The molecule has 0 bridgehead atoms. The fourth-order valence-electron chi connectivity index (χ4n) is 4.61. The predicted molar refractivity (Wildman–Crippen MR) is 112 cm³/mol. The van der Waals surface area contributed by atoms with Gasteiger partial charge in [0.1, 0.15) is 32.2 Å². The Bertz CT molecular complexity index is 550. The van der Waals surface area contributed by atoms with Crippen LogP contribution in [0.1, 0.15) is 50.6 Å². The summed E-state index contributed by atoms with van der Waals surface area (Å²) in [5.41, 5.74) is 1.42. The summed E-state index contributed by atoms with van der Waals surface area (Å²) in [5.74, 6) is 0. The van der Waals surface area contributed by atoms with E-state index in [-0.39, 0.29) is 0 Å². The highest BCUT2D eigenvalue weighted by molar-refractivity contribution is 7.80. The van der Waals surface area contributed by atoms with E-state index in [4.69, 9.17) is 12.2 Å². The van der Waals surface area contributed by atoms with Crippen molar-refractivity contribution >= 4 is 17.3 Å². The van der Waals surface area contributed by atoms with Gasteiger partial charge in [-0.05, 0) is 32.0 Å². The molecule has 1 aromatic rings. The van der Waals surface area contributed by atoms with Crippen LogP contribution in [0.4, 0.5) is 0 Å². The Hall–Kier alpha value is -1.17. The van der Waals surface area contributed by atoms with Crippen molar-refractivity contribution in [3.05, 3.63) is 35.9 Å². The standard InChI is InChI=1S/C21H34N4S/c1-17(22-21(26)23-19-11-7-4-8-12-19)20(18-9-5-3-6-10-18)25-15-13-24(2)14-16-25/h3,5-6,9-10,17,19-20H,4,7-8,11-16H2,1-2H3,(H2,22,23,26)/p+2/t17-,20-/m0/s1. The van der Waals surface area contributed by atoms with Gasteiger partial charge in [0.2, 0.25) is 0 Å². The first-order valence-corrected chi connectivity index (χ1v) is 10.8. The molecule has 0 aromatic heterocycles. The predicted octanol–water partition coefficient (Wildman–Crippen LogP) is 0.326. The zero-order chi connectivity index (χ0) is 18.4. The topological polar surface area (TPSA) is 32.9 Å². The molecule has 5 heteroatoms. The van der Waals surface area contributed by atoms with E-state index < -0.39 is 0 Å². The van der Waals surface area contributed by atoms with Crippen LogP contribution in [-0.2, 0) is 0 Å². The zero-order valence-corrected chi connectivity index (χ0v) is 17.2. The van der Waals surface area contributed by atoms with E-state index >= 15 is 0 Å². The molecule has 1 saturated heterocycles. The molecule has 4 nitrogen and oxygen atoms in total. The van der Waals surface area contributed by atoms with Gasteiger partial charge in [-0.1, -0.05) is 49.6 Å². The van der Waals surface area contributed by atoms with Crippen LogP contribution in [0, 0.1) is 0 Å². The molecule has 1 heterocycles. The lowest BCUT2D eigenvalue weighted by Crippen LogP contribution is -3.27. The van der Waals surface area contributed by atoms with Gasteiger partial charge in [0, 0.05) is 11.6 Å². The van der Waals surface area contributed by atoms with Gasteiger partial charge in [0.05, 0.1) is 13.1 Å². The van der Waals surface area contributed by atoms with Gasteiger partial charge in [-0.2, -0.15) is 0 Å². The van der Waals surface area contributed by atoms with Crippen LogP contribution >= 0.6 is 12.2 Å². The van der Waals surface area contributed by atoms with E-state index in [0.29, 0.717) is 18.1 Å². The normalized spacial score (nSPS) is 26.7. The average molecular weight is 377 g/mol. The maximum Gasteiger partial charge on any atom is 0.166 e. The first kappa shape index (κ1) is 19.6. The highest BCUT2D eigenvalue weighted by atomic mass is 32.1. The number of rotatable bonds is 5. The van der Waals surface area contributed by atoms with Crippen molar-refractivity contribution < 1.29 is 9.80 Å². The molecular weight excluding hydrogens is 340 g/mol. The molecule has 0 amide bonds. The third-order valence-electron chi connectivity index (χ3n) is 6.14. The Labute approximate surface area is 164 Å². The summed E-state index contributed by atoms with van der Waals surface area (Å²) in [6.07, 6.45) is 6.54. The van der Waals surface area contributed by atoms with Crippen LogP contribution in [0.2, 0.25) is 0 Å². The molecule has 4 N–H and O–H groups in total. The van der Waals surface area contributed by atoms with Gasteiger partial charge in [-0.15, -0.1) is 0 Å². The Morgan fingerprint density at radius 1 is 1.04 bits per heavy atom. The van der Waals surface area contributed by atoms with Crippen molar-refractivity contribution in [2.45, 2.75) is 57.2 Å². The maximum absolute atomic E-state index is 5.66. The minimum atomic E-state index is 0.314. The SMILES string of the molecule is C[C@H](NC(=S)NC1CCCCC1)[C@@H](c1ccccc1)[NH+]1CC[NH+](C)CC1. The molecule has 0 spiro atoms. The molecule has 2 atom stereocenters. The molecule has 1 saturated carbocycles. The molecule has 1 aliphatic heterocycles. The highest BCUT2D eigenvalue weighted by Gasteiger charge is 2.33. The lowest BCUT2D eigenvalue weighted by Gasteiger charge is -2.37. The number of nitrogens with one attached hydrogen (secondary N) is 4. The fraction of sp³-hybridized carbons (Fsp3) is 0.667. The van der Waals surface area contributed by atoms with Gasteiger partial charge in [0.25, 0.3) is 0 Å². The highest BCUT2D eigenvalue weighted by Crippen LogP contribution is 2.18. The van der Waals surface area contributed by atoms with Crippen molar-refractivity contribution in [1.82, 2.24) is 10.6 Å². The molecule has 1 aromatic carbocycles. The van der Waals surface area contributed by atoms with E-state index in [9.17, 15) is 0 Å². The van der Waals surface area contributed by atoms with Gasteiger partial charge >= 0.3 is 0 Å². The number of piperazine rings is 1. The number of benzene rings is 1. The number of thiocarbonyl (C=S) groups is 1. The van der Waals surface area contributed by atoms with Gasteiger partial charge < -0.3 is 20.4 Å². The third kappa shape index (κ3) is 5.41. The minimum absolute atomic E-state index is 0.314. The number of quaternary nitrogens is 2. The summed E-state index contributed by atoms with van der Waals surface area (Å²) < 4.78 is 0. The molecular formula is C21H36N4S+2. The maximum atomic E-state index is 5.66. The number of hydrogen-bond donors (Lipinski definition) is 4. The summed E-state index contributed by atoms with van der Waals surface area (Å²) in [4.78, 5) is 3.33. The second-order valence-electron chi connectivity index (χ2n) is 8.25. The molecule has 0 unspecified atom stereocenters. The molecule has 144 valence electrons. The molecule has 26 heavy (non-hydrogen) atoms.